The molecule has 0 radical (unpaired) electrons. The molecule has 0 saturated heterocycles. The highest BCUT2D eigenvalue weighted by atomic mass is 32.2. The van der Waals surface area contributed by atoms with Gasteiger partial charge in [0.25, 0.3) is 0 Å². The minimum Gasteiger partial charge on any atom is -0.481 e. The Labute approximate surface area is 100 Å². The first-order valence-corrected chi connectivity index (χ1v) is 6.73. The molecule has 0 aromatic rings. The van der Waals surface area contributed by atoms with Gasteiger partial charge >= 0.3 is 11.9 Å². The Kier molecular flexibility index (Phi) is 6.11. The summed E-state index contributed by atoms with van der Waals surface area (Å²) in [7, 11) is -2.48. The van der Waals surface area contributed by atoms with Crippen molar-refractivity contribution in [3.8, 4) is 0 Å². The van der Waals surface area contributed by atoms with Gasteiger partial charge in [0.15, 0.2) is 0 Å². The quantitative estimate of drug-likeness (QED) is 0.639. The molecule has 0 bridgehead atoms. The second-order valence-electron chi connectivity index (χ2n) is 3.62. The average Bonchev–Trinajstić information content (AvgIpc) is 2.16. The van der Waals surface area contributed by atoms with Crippen LogP contribution in [0.15, 0.2) is 0 Å². The van der Waals surface area contributed by atoms with Crippen molar-refractivity contribution in [1.82, 2.24) is 4.31 Å². The predicted molar refractivity (Wildman–Crippen MR) is 60.1 cm³/mol. The van der Waals surface area contributed by atoms with E-state index < -0.39 is 28.0 Å². The summed E-state index contributed by atoms with van der Waals surface area (Å²) in [6.45, 7) is 1.67. The van der Waals surface area contributed by atoms with Gasteiger partial charge in [-0.25, -0.2) is 8.42 Å². The first-order valence-electron chi connectivity index (χ1n) is 5.12. The fourth-order valence-electron chi connectivity index (χ4n) is 1.32. The van der Waals surface area contributed by atoms with Gasteiger partial charge in [0, 0.05) is 13.5 Å². The molecule has 17 heavy (non-hydrogen) atoms. The molecule has 0 spiro atoms. The van der Waals surface area contributed by atoms with Gasteiger partial charge in [-0.1, -0.05) is 6.92 Å². The zero-order valence-corrected chi connectivity index (χ0v) is 10.6. The van der Waals surface area contributed by atoms with Gasteiger partial charge in [0.05, 0.1) is 5.75 Å². The summed E-state index contributed by atoms with van der Waals surface area (Å²) in [4.78, 5) is 21.3. The molecule has 0 heterocycles. The maximum atomic E-state index is 11.6. The molecule has 100 valence electrons. The zero-order chi connectivity index (χ0) is 13.6. The van der Waals surface area contributed by atoms with Crippen LogP contribution < -0.4 is 0 Å². The molecule has 0 aromatic heterocycles. The van der Waals surface area contributed by atoms with E-state index in [0.29, 0.717) is 6.42 Å². The number of carboxylic acids is 2. The Hall–Kier alpha value is -1.15. The molecule has 0 aliphatic rings. The van der Waals surface area contributed by atoms with E-state index in [4.69, 9.17) is 10.2 Å². The Balaban J connectivity index is 4.82. The highest BCUT2D eigenvalue weighted by molar-refractivity contribution is 7.89. The molecular formula is C9H17NO6S. The number of carboxylic acid groups (broad SMARTS) is 2. The molecule has 0 aliphatic heterocycles. The first kappa shape index (κ1) is 15.9. The van der Waals surface area contributed by atoms with Crippen molar-refractivity contribution in [2.45, 2.75) is 32.2 Å². The van der Waals surface area contributed by atoms with Crippen LogP contribution in [0.2, 0.25) is 0 Å². The second kappa shape index (κ2) is 6.55. The van der Waals surface area contributed by atoms with E-state index >= 15 is 0 Å². The Bertz CT molecular complexity index is 377. The maximum absolute atomic E-state index is 11.6. The third kappa shape index (κ3) is 5.14. The minimum absolute atomic E-state index is 0.152. The van der Waals surface area contributed by atoms with Crippen LogP contribution in [0.3, 0.4) is 0 Å². The van der Waals surface area contributed by atoms with Crippen LogP contribution in [0, 0.1) is 0 Å². The van der Waals surface area contributed by atoms with E-state index in [0.717, 1.165) is 11.4 Å². The van der Waals surface area contributed by atoms with Crippen molar-refractivity contribution in [1.29, 1.82) is 0 Å². The van der Waals surface area contributed by atoms with Crippen molar-refractivity contribution >= 4 is 22.0 Å². The normalized spacial score (nSPS) is 13.6. The Morgan fingerprint density at radius 1 is 1.29 bits per heavy atom. The predicted octanol–water partition coefficient (Wildman–Crippen LogP) is -0.0240. The van der Waals surface area contributed by atoms with Crippen LogP contribution in [0.25, 0.3) is 0 Å². The number of nitrogens with zero attached hydrogens (tertiary/aromatic N) is 1. The summed E-state index contributed by atoms with van der Waals surface area (Å²) in [6.07, 6.45) is -0.259. The summed E-state index contributed by atoms with van der Waals surface area (Å²) in [5.41, 5.74) is 0. The fraction of sp³-hybridized carbons (Fsp3) is 0.778. The van der Waals surface area contributed by atoms with Gasteiger partial charge in [-0.3, -0.25) is 9.59 Å². The van der Waals surface area contributed by atoms with Crippen molar-refractivity contribution in [2.75, 3.05) is 12.8 Å². The van der Waals surface area contributed by atoms with Crippen LogP contribution in [-0.4, -0.2) is 53.7 Å². The van der Waals surface area contributed by atoms with Gasteiger partial charge in [0.1, 0.15) is 6.04 Å². The zero-order valence-electron chi connectivity index (χ0n) is 9.79. The summed E-state index contributed by atoms with van der Waals surface area (Å²) < 4.78 is 24.0. The topological polar surface area (TPSA) is 112 Å². The number of rotatable bonds is 8. The number of carbonyl (C=O) groups is 2. The van der Waals surface area contributed by atoms with Crippen LogP contribution in [0.1, 0.15) is 26.2 Å². The lowest BCUT2D eigenvalue weighted by Gasteiger charge is -2.23. The lowest BCUT2D eigenvalue weighted by molar-refractivity contribution is -0.142. The van der Waals surface area contributed by atoms with E-state index in [1.54, 1.807) is 6.92 Å². The third-order valence-corrected chi connectivity index (χ3v) is 4.31. The summed E-state index contributed by atoms with van der Waals surface area (Å²) in [5.74, 6) is -2.65. The first-order chi connectivity index (χ1) is 7.72. The average molecular weight is 267 g/mol. The number of hydrogen-bond donors (Lipinski definition) is 2. The van der Waals surface area contributed by atoms with Crippen molar-refractivity contribution in [3.63, 3.8) is 0 Å². The molecule has 0 saturated carbocycles. The van der Waals surface area contributed by atoms with Crippen molar-refractivity contribution < 1.29 is 28.2 Å². The molecule has 0 unspecified atom stereocenters. The van der Waals surface area contributed by atoms with Gasteiger partial charge in [-0.2, -0.15) is 4.31 Å². The van der Waals surface area contributed by atoms with Gasteiger partial charge in [-0.05, 0) is 12.8 Å². The molecule has 7 nitrogen and oxygen atoms in total. The molecule has 0 aliphatic carbocycles. The number of likely N-dealkylation sites (N-methyl/N-ethyl adjacent to an activating group) is 1. The molecule has 0 rings (SSSR count). The van der Waals surface area contributed by atoms with Crippen LogP contribution in [0.4, 0.5) is 0 Å². The highest BCUT2D eigenvalue weighted by Crippen LogP contribution is 2.12. The SMILES string of the molecule is CCCS(=O)(=O)N(C)[C@@H](CCC(=O)O)C(=O)O. The highest BCUT2D eigenvalue weighted by Gasteiger charge is 2.31. The van der Waals surface area contributed by atoms with E-state index in [2.05, 4.69) is 0 Å². The van der Waals surface area contributed by atoms with Crippen LogP contribution in [0.5, 0.6) is 0 Å². The standard InChI is InChI=1S/C9H17NO6S/c1-3-6-17(15,16)10(2)7(9(13)14)4-5-8(11)12/h7H,3-6H2,1-2H3,(H,11,12)(H,13,14)/t7-/m0/s1. The molecule has 8 heteroatoms. The number of hydrogen-bond acceptors (Lipinski definition) is 4. The van der Waals surface area contributed by atoms with Gasteiger partial charge < -0.3 is 10.2 Å². The molecule has 0 fully saturated rings. The lowest BCUT2D eigenvalue weighted by atomic mass is 10.1. The van der Waals surface area contributed by atoms with Gasteiger partial charge in [-0.15, -0.1) is 0 Å². The largest absolute Gasteiger partial charge is 0.481 e. The summed E-state index contributed by atoms with van der Waals surface area (Å²) in [6, 6.07) is -1.33. The molecular weight excluding hydrogens is 250 g/mol. The fourth-order valence-corrected chi connectivity index (χ4v) is 2.70. The summed E-state index contributed by atoms with van der Waals surface area (Å²) in [5, 5.41) is 17.4. The van der Waals surface area contributed by atoms with Crippen LogP contribution in [-0.2, 0) is 19.6 Å². The van der Waals surface area contributed by atoms with E-state index in [1.807, 2.05) is 0 Å². The molecule has 0 amide bonds. The minimum atomic E-state index is -3.64. The number of sulfonamides is 1. The Morgan fingerprint density at radius 3 is 2.18 bits per heavy atom. The van der Waals surface area contributed by atoms with Gasteiger partial charge in [0.2, 0.25) is 10.0 Å². The third-order valence-electron chi connectivity index (χ3n) is 2.26. The van der Waals surface area contributed by atoms with E-state index in [1.165, 1.54) is 0 Å². The summed E-state index contributed by atoms with van der Waals surface area (Å²) >= 11 is 0. The molecule has 2 N–H and O–H groups in total. The molecule has 0 aromatic carbocycles. The van der Waals surface area contributed by atoms with Crippen molar-refractivity contribution in [2.24, 2.45) is 0 Å². The molecule has 1 atom stereocenters. The Morgan fingerprint density at radius 2 is 1.82 bits per heavy atom. The maximum Gasteiger partial charge on any atom is 0.322 e. The smallest absolute Gasteiger partial charge is 0.322 e. The van der Waals surface area contributed by atoms with E-state index in [9.17, 15) is 18.0 Å². The number of aliphatic carboxylic acids is 2. The van der Waals surface area contributed by atoms with Crippen LogP contribution >= 0.6 is 0 Å². The van der Waals surface area contributed by atoms with Crippen molar-refractivity contribution in [3.05, 3.63) is 0 Å². The lowest BCUT2D eigenvalue weighted by Crippen LogP contribution is -2.43. The second-order valence-corrected chi connectivity index (χ2v) is 5.77. The monoisotopic (exact) mass is 267 g/mol. The van der Waals surface area contributed by atoms with E-state index in [-0.39, 0.29) is 18.6 Å².